The van der Waals surface area contributed by atoms with Crippen LogP contribution in [0.3, 0.4) is 0 Å². The topological polar surface area (TPSA) is 79.5 Å². The molecule has 0 saturated carbocycles. The van der Waals surface area contributed by atoms with E-state index in [9.17, 15) is 9.90 Å². The minimum absolute atomic E-state index is 0.126. The Hall–Kier alpha value is -2.67. The van der Waals surface area contributed by atoms with Crippen LogP contribution < -0.4 is 11.0 Å². The minimum atomic E-state index is -0.152. The highest BCUT2D eigenvalue weighted by atomic mass is 79.9. The highest BCUT2D eigenvalue weighted by Gasteiger charge is 2.09. The average Bonchev–Trinajstić information content (AvgIpc) is 2.58. The van der Waals surface area contributed by atoms with Crippen molar-refractivity contribution in [2.75, 3.05) is 5.43 Å². The van der Waals surface area contributed by atoms with Crippen molar-refractivity contribution < 1.29 is 5.11 Å². The molecule has 0 bridgehead atoms. The number of hydrazone groups is 1. The highest BCUT2D eigenvalue weighted by Crippen LogP contribution is 2.22. The van der Waals surface area contributed by atoms with Crippen LogP contribution in [0.25, 0.3) is 10.9 Å². The van der Waals surface area contributed by atoms with Gasteiger partial charge in [-0.25, -0.2) is 10.4 Å². The monoisotopic (exact) mass is 386 g/mol. The predicted molar refractivity (Wildman–Crippen MR) is 98.6 cm³/mol. The standard InChI is InChI=1S/C17H15BrN4O2/c1-10(13-9-11(18)7-8-15(13)23)20-21-17-19-14-6-4-3-5-12(14)16(24)22(17)2/h3-9,23H,1-2H3,(H,19,21)/b20-10-. The average molecular weight is 387 g/mol. The van der Waals surface area contributed by atoms with E-state index in [4.69, 9.17) is 0 Å². The maximum atomic E-state index is 12.4. The smallest absolute Gasteiger partial charge is 0.262 e. The molecule has 3 rings (SSSR count). The lowest BCUT2D eigenvalue weighted by Gasteiger charge is -2.09. The Morgan fingerprint density at radius 1 is 1.29 bits per heavy atom. The van der Waals surface area contributed by atoms with E-state index in [1.807, 2.05) is 6.07 Å². The van der Waals surface area contributed by atoms with Crippen molar-refractivity contribution in [2.24, 2.45) is 12.1 Å². The summed E-state index contributed by atoms with van der Waals surface area (Å²) in [5.74, 6) is 0.453. The molecule has 122 valence electrons. The van der Waals surface area contributed by atoms with Crippen LogP contribution in [-0.4, -0.2) is 20.4 Å². The zero-order chi connectivity index (χ0) is 17.3. The summed E-state index contributed by atoms with van der Waals surface area (Å²) in [6.45, 7) is 1.76. The van der Waals surface area contributed by atoms with Gasteiger partial charge in [-0.2, -0.15) is 5.10 Å². The van der Waals surface area contributed by atoms with E-state index in [1.165, 1.54) is 4.57 Å². The third-order valence-electron chi connectivity index (χ3n) is 3.66. The summed E-state index contributed by atoms with van der Waals surface area (Å²) in [5, 5.41) is 14.7. The summed E-state index contributed by atoms with van der Waals surface area (Å²) >= 11 is 3.36. The van der Waals surface area contributed by atoms with Gasteiger partial charge in [0, 0.05) is 17.1 Å². The number of rotatable bonds is 3. The van der Waals surface area contributed by atoms with Crippen molar-refractivity contribution in [3.05, 3.63) is 62.9 Å². The molecule has 2 N–H and O–H groups in total. The Bertz CT molecular complexity index is 1010. The number of nitrogens with zero attached hydrogens (tertiary/aromatic N) is 3. The van der Waals surface area contributed by atoms with Crippen molar-refractivity contribution in [3.63, 3.8) is 0 Å². The molecule has 0 aliphatic rings. The summed E-state index contributed by atoms with van der Waals surface area (Å²) in [6.07, 6.45) is 0. The van der Waals surface area contributed by atoms with E-state index in [0.29, 0.717) is 28.1 Å². The first-order valence-corrected chi connectivity index (χ1v) is 8.01. The molecule has 7 heteroatoms. The van der Waals surface area contributed by atoms with Crippen LogP contribution in [0.1, 0.15) is 12.5 Å². The fraction of sp³-hybridized carbons (Fsp3) is 0.118. The molecule has 0 saturated heterocycles. The molecule has 2 aromatic carbocycles. The summed E-state index contributed by atoms with van der Waals surface area (Å²) < 4.78 is 2.24. The lowest BCUT2D eigenvalue weighted by atomic mass is 10.1. The van der Waals surface area contributed by atoms with Gasteiger partial charge in [-0.1, -0.05) is 28.1 Å². The molecule has 0 atom stereocenters. The molecular formula is C17H15BrN4O2. The molecule has 0 aliphatic heterocycles. The van der Waals surface area contributed by atoms with Crippen LogP contribution in [-0.2, 0) is 7.05 Å². The van der Waals surface area contributed by atoms with Crippen LogP contribution in [0.5, 0.6) is 5.75 Å². The molecule has 1 heterocycles. The largest absolute Gasteiger partial charge is 0.507 e. The number of aromatic hydroxyl groups is 1. The molecule has 0 aliphatic carbocycles. The first-order valence-electron chi connectivity index (χ1n) is 7.22. The van der Waals surface area contributed by atoms with E-state index >= 15 is 0 Å². The molecule has 0 radical (unpaired) electrons. The summed E-state index contributed by atoms with van der Waals surface area (Å²) in [5.41, 5.74) is 4.40. The summed E-state index contributed by atoms with van der Waals surface area (Å²) in [6, 6.07) is 12.2. The van der Waals surface area contributed by atoms with E-state index < -0.39 is 0 Å². The zero-order valence-electron chi connectivity index (χ0n) is 13.1. The van der Waals surface area contributed by atoms with Gasteiger partial charge in [0.05, 0.1) is 16.6 Å². The molecule has 3 aromatic rings. The molecule has 0 unspecified atom stereocenters. The Kier molecular flexibility index (Phi) is 4.35. The first kappa shape index (κ1) is 16.2. The maximum absolute atomic E-state index is 12.4. The molecule has 1 aromatic heterocycles. The maximum Gasteiger partial charge on any atom is 0.262 e. The number of anilines is 1. The van der Waals surface area contributed by atoms with Gasteiger partial charge < -0.3 is 5.11 Å². The number of nitrogens with one attached hydrogen (secondary N) is 1. The van der Waals surface area contributed by atoms with Crippen molar-refractivity contribution in [3.8, 4) is 5.75 Å². The fourth-order valence-electron chi connectivity index (χ4n) is 2.31. The normalized spacial score (nSPS) is 11.7. The van der Waals surface area contributed by atoms with Gasteiger partial charge in [0.15, 0.2) is 0 Å². The van der Waals surface area contributed by atoms with Gasteiger partial charge in [-0.15, -0.1) is 0 Å². The number of benzene rings is 2. The first-order chi connectivity index (χ1) is 11.5. The van der Waals surface area contributed by atoms with Crippen molar-refractivity contribution in [1.82, 2.24) is 9.55 Å². The quantitative estimate of drug-likeness (QED) is 0.534. The van der Waals surface area contributed by atoms with Gasteiger partial charge >= 0.3 is 0 Å². The summed E-state index contributed by atoms with van der Waals surface area (Å²) in [7, 11) is 1.63. The van der Waals surface area contributed by atoms with Crippen LogP contribution in [0.4, 0.5) is 5.95 Å². The number of aromatic nitrogens is 2. The zero-order valence-corrected chi connectivity index (χ0v) is 14.7. The van der Waals surface area contributed by atoms with Crippen LogP contribution >= 0.6 is 15.9 Å². The number of phenolic OH excluding ortho intramolecular Hbond substituents is 1. The van der Waals surface area contributed by atoms with E-state index in [0.717, 1.165) is 4.47 Å². The Morgan fingerprint density at radius 2 is 2.04 bits per heavy atom. The van der Waals surface area contributed by atoms with E-state index in [1.54, 1.807) is 50.4 Å². The molecule has 24 heavy (non-hydrogen) atoms. The van der Waals surface area contributed by atoms with Gasteiger partial charge in [-0.05, 0) is 37.3 Å². The van der Waals surface area contributed by atoms with Crippen molar-refractivity contribution >= 4 is 38.5 Å². The van der Waals surface area contributed by atoms with E-state index in [-0.39, 0.29) is 11.3 Å². The van der Waals surface area contributed by atoms with E-state index in [2.05, 4.69) is 31.4 Å². The van der Waals surface area contributed by atoms with Crippen molar-refractivity contribution in [2.45, 2.75) is 6.92 Å². The van der Waals surface area contributed by atoms with Gasteiger partial charge in [-0.3, -0.25) is 9.36 Å². The van der Waals surface area contributed by atoms with Crippen molar-refractivity contribution in [1.29, 1.82) is 0 Å². The fourth-order valence-corrected chi connectivity index (χ4v) is 2.67. The Labute approximate surface area is 146 Å². The molecule has 0 fully saturated rings. The molecular weight excluding hydrogens is 372 g/mol. The Morgan fingerprint density at radius 3 is 2.83 bits per heavy atom. The second-order valence-corrected chi connectivity index (χ2v) is 6.20. The number of hydrogen-bond acceptors (Lipinski definition) is 5. The lowest BCUT2D eigenvalue weighted by Crippen LogP contribution is -2.21. The second kappa shape index (κ2) is 6.45. The highest BCUT2D eigenvalue weighted by molar-refractivity contribution is 9.10. The minimum Gasteiger partial charge on any atom is -0.507 e. The van der Waals surface area contributed by atoms with Crippen LogP contribution in [0.15, 0.2) is 56.8 Å². The third kappa shape index (κ3) is 3.03. The molecule has 0 spiro atoms. The molecule has 0 amide bonds. The van der Waals surface area contributed by atoms with Crippen LogP contribution in [0.2, 0.25) is 0 Å². The number of phenols is 1. The lowest BCUT2D eigenvalue weighted by molar-refractivity contribution is 0.474. The SMILES string of the molecule is C/C(=N/Nc1nc2ccccc2c(=O)n1C)c1cc(Br)ccc1O. The Balaban J connectivity index is 1.99. The van der Waals surface area contributed by atoms with Gasteiger partial charge in [0.1, 0.15) is 5.75 Å². The molecule has 6 nitrogen and oxygen atoms in total. The number of halogens is 1. The number of para-hydroxylation sites is 1. The third-order valence-corrected chi connectivity index (χ3v) is 4.15. The predicted octanol–water partition coefficient (Wildman–Crippen LogP) is 3.24. The summed E-state index contributed by atoms with van der Waals surface area (Å²) in [4.78, 5) is 16.8. The number of fused-ring (bicyclic) bond motifs is 1. The second-order valence-electron chi connectivity index (χ2n) is 5.29. The number of hydrogen-bond donors (Lipinski definition) is 2. The van der Waals surface area contributed by atoms with Gasteiger partial charge in [0.2, 0.25) is 5.95 Å². The van der Waals surface area contributed by atoms with Crippen LogP contribution in [0, 0.1) is 0 Å². The van der Waals surface area contributed by atoms with Gasteiger partial charge in [0.25, 0.3) is 5.56 Å².